The quantitative estimate of drug-likeness (QED) is 0.550. The normalized spacial score (nSPS) is 13.1. The number of hydrogen-bond donors (Lipinski definition) is 1. The van der Waals surface area contributed by atoms with E-state index in [4.69, 9.17) is 16.3 Å². The second-order valence-electron chi connectivity index (χ2n) is 7.86. The van der Waals surface area contributed by atoms with Crippen molar-refractivity contribution in [3.63, 3.8) is 0 Å². The Morgan fingerprint density at radius 1 is 1.10 bits per heavy atom. The zero-order valence-corrected chi connectivity index (χ0v) is 18.6. The van der Waals surface area contributed by atoms with Gasteiger partial charge in [-0.15, -0.1) is 0 Å². The number of benzene rings is 2. The average molecular weight is 445 g/mol. The summed E-state index contributed by atoms with van der Waals surface area (Å²) >= 11 is 6.41. The zero-order valence-electron chi connectivity index (χ0n) is 17.8. The lowest BCUT2D eigenvalue weighted by atomic mass is 10.1. The third kappa shape index (κ3) is 6.97. The fourth-order valence-electron chi connectivity index (χ4n) is 3.54. The maximum Gasteiger partial charge on any atom is 0.407 e. The van der Waals surface area contributed by atoms with Crippen molar-refractivity contribution in [1.29, 1.82) is 0 Å². The summed E-state index contributed by atoms with van der Waals surface area (Å²) in [6.07, 6.45) is 1.85. The monoisotopic (exact) mass is 444 g/mol. The number of carbonyl (C=O) groups is 2. The van der Waals surface area contributed by atoms with E-state index < -0.39 is 6.09 Å². The number of halogens is 1. The Kier molecular flexibility index (Phi) is 8.32. The van der Waals surface area contributed by atoms with Crippen LogP contribution < -0.4 is 0 Å². The average Bonchev–Trinajstić information content (AvgIpc) is 3.60. The Labute approximate surface area is 188 Å². The summed E-state index contributed by atoms with van der Waals surface area (Å²) in [4.78, 5) is 27.8. The molecule has 1 saturated carbocycles. The van der Waals surface area contributed by atoms with E-state index in [-0.39, 0.29) is 31.5 Å². The molecule has 0 aliphatic heterocycles. The molecule has 0 radical (unpaired) electrons. The van der Waals surface area contributed by atoms with Crippen molar-refractivity contribution in [2.45, 2.75) is 44.8 Å². The topological polar surface area (TPSA) is 70.1 Å². The molecule has 0 unspecified atom stereocenters. The Balaban J connectivity index is 1.63. The lowest BCUT2D eigenvalue weighted by molar-refractivity contribution is -0.132. The van der Waals surface area contributed by atoms with Crippen molar-refractivity contribution in [3.8, 4) is 0 Å². The van der Waals surface area contributed by atoms with Gasteiger partial charge in [-0.2, -0.15) is 0 Å². The van der Waals surface area contributed by atoms with Gasteiger partial charge in [0, 0.05) is 44.2 Å². The maximum atomic E-state index is 13.0. The van der Waals surface area contributed by atoms with Crippen LogP contribution >= 0.6 is 11.6 Å². The van der Waals surface area contributed by atoms with Gasteiger partial charge in [-0.3, -0.25) is 4.79 Å². The molecule has 7 heteroatoms. The van der Waals surface area contributed by atoms with Crippen molar-refractivity contribution in [2.75, 3.05) is 20.3 Å². The summed E-state index contributed by atoms with van der Waals surface area (Å²) in [6.45, 7) is 1.49. The molecule has 2 aromatic carbocycles. The lowest BCUT2D eigenvalue weighted by Crippen LogP contribution is -2.37. The number of carbonyl (C=O) groups excluding carboxylic acids is 1. The van der Waals surface area contributed by atoms with Gasteiger partial charge in [0.15, 0.2) is 0 Å². The highest BCUT2D eigenvalue weighted by Crippen LogP contribution is 2.31. The van der Waals surface area contributed by atoms with Crippen LogP contribution in [0.1, 0.15) is 36.0 Å². The molecule has 0 heterocycles. The van der Waals surface area contributed by atoms with E-state index in [2.05, 4.69) is 0 Å². The number of ether oxygens (including phenoxy) is 1. The van der Waals surface area contributed by atoms with Crippen LogP contribution in [0.3, 0.4) is 0 Å². The predicted octanol–water partition coefficient (Wildman–Crippen LogP) is 4.59. The van der Waals surface area contributed by atoms with Crippen LogP contribution in [0.4, 0.5) is 4.79 Å². The van der Waals surface area contributed by atoms with E-state index in [0.717, 1.165) is 36.0 Å². The van der Waals surface area contributed by atoms with Gasteiger partial charge in [-0.05, 0) is 42.0 Å². The lowest BCUT2D eigenvalue weighted by Gasteiger charge is -2.25. The van der Waals surface area contributed by atoms with Crippen LogP contribution in [0, 0.1) is 0 Å². The van der Waals surface area contributed by atoms with E-state index in [1.165, 1.54) is 4.90 Å². The third-order valence-corrected chi connectivity index (χ3v) is 5.80. The van der Waals surface area contributed by atoms with E-state index in [0.29, 0.717) is 18.2 Å². The summed E-state index contributed by atoms with van der Waals surface area (Å²) in [7, 11) is 1.67. The molecule has 1 aliphatic carbocycles. The number of carboxylic acid groups (broad SMARTS) is 1. The number of amides is 2. The molecule has 6 nitrogen and oxygen atoms in total. The molecule has 166 valence electrons. The Hall–Kier alpha value is -2.57. The van der Waals surface area contributed by atoms with Gasteiger partial charge >= 0.3 is 6.09 Å². The predicted molar refractivity (Wildman–Crippen MR) is 120 cm³/mol. The van der Waals surface area contributed by atoms with Crippen molar-refractivity contribution in [1.82, 2.24) is 9.80 Å². The largest absolute Gasteiger partial charge is 0.465 e. The molecule has 0 aromatic heterocycles. The van der Waals surface area contributed by atoms with Gasteiger partial charge in [0.05, 0.1) is 6.61 Å². The van der Waals surface area contributed by atoms with Crippen LogP contribution in [0.15, 0.2) is 48.5 Å². The minimum Gasteiger partial charge on any atom is -0.465 e. The van der Waals surface area contributed by atoms with Gasteiger partial charge in [-0.1, -0.05) is 54.1 Å². The molecule has 31 heavy (non-hydrogen) atoms. The number of nitrogens with zero attached hydrogens (tertiary/aromatic N) is 2. The summed E-state index contributed by atoms with van der Waals surface area (Å²) in [5, 5.41) is 10.2. The van der Waals surface area contributed by atoms with E-state index >= 15 is 0 Å². The van der Waals surface area contributed by atoms with Gasteiger partial charge in [0.25, 0.3) is 0 Å². The second-order valence-corrected chi connectivity index (χ2v) is 8.27. The summed E-state index contributed by atoms with van der Waals surface area (Å²) in [6, 6.07) is 15.5. The van der Waals surface area contributed by atoms with Gasteiger partial charge in [0.1, 0.15) is 0 Å². The number of rotatable bonds is 11. The summed E-state index contributed by atoms with van der Waals surface area (Å²) in [5.74, 6) is -0.0415. The standard InChI is InChI=1S/C24H29ClN2O4/c1-31-14-12-18-7-10-22(25)20(15-18)17-27(21-8-9-21)23(28)11-13-26(24(29)30)16-19-5-3-2-4-6-19/h2-7,10,15,21H,8-9,11-14,16-17H2,1H3,(H,29,30). The van der Waals surface area contributed by atoms with Crippen LogP contribution in [0.5, 0.6) is 0 Å². The first-order valence-electron chi connectivity index (χ1n) is 10.6. The van der Waals surface area contributed by atoms with Crippen LogP contribution in [-0.4, -0.2) is 53.2 Å². The van der Waals surface area contributed by atoms with E-state index in [1.54, 1.807) is 7.11 Å². The molecule has 1 aliphatic rings. The molecule has 1 fully saturated rings. The SMILES string of the molecule is COCCc1ccc(Cl)c(CN(C(=O)CCN(Cc2ccccc2)C(=O)O)C2CC2)c1. The Morgan fingerprint density at radius 3 is 2.48 bits per heavy atom. The van der Waals surface area contributed by atoms with Crippen LogP contribution in [0.25, 0.3) is 0 Å². The number of hydrogen-bond acceptors (Lipinski definition) is 3. The Bertz CT molecular complexity index is 886. The highest BCUT2D eigenvalue weighted by molar-refractivity contribution is 6.31. The second kappa shape index (κ2) is 11.2. The van der Waals surface area contributed by atoms with Crippen molar-refractivity contribution < 1.29 is 19.4 Å². The minimum atomic E-state index is -1.02. The van der Waals surface area contributed by atoms with Gasteiger partial charge in [-0.25, -0.2) is 4.79 Å². The van der Waals surface area contributed by atoms with Gasteiger partial charge < -0.3 is 19.6 Å². The van der Waals surface area contributed by atoms with Gasteiger partial charge in [0.2, 0.25) is 5.91 Å². The highest BCUT2D eigenvalue weighted by atomic mass is 35.5. The number of methoxy groups -OCH3 is 1. The fraction of sp³-hybridized carbons (Fsp3) is 0.417. The molecule has 0 saturated heterocycles. The first-order valence-corrected chi connectivity index (χ1v) is 10.9. The first kappa shape index (κ1) is 23.1. The molecule has 2 amide bonds. The van der Waals surface area contributed by atoms with Crippen molar-refractivity contribution in [2.24, 2.45) is 0 Å². The smallest absolute Gasteiger partial charge is 0.407 e. The fourth-order valence-corrected chi connectivity index (χ4v) is 3.71. The van der Waals surface area contributed by atoms with Crippen molar-refractivity contribution >= 4 is 23.6 Å². The maximum absolute atomic E-state index is 13.0. The summed E-state index contributed by atoms with van der Waals surface area (Å²) in [5.41, 5.74) is 2.93. The molecule has 2 aromatic rings. The molecular weight excluding hydrogens is 416 g/mol. The molecule has 3 rings (SSSR count). The summed E-state index contributed by atoms with van der Waals surface area (Å²) < 4.78 is 5.15. The first-order chi connectivity index (χ1) is 15.0. The molecule has 0 atom stereocenters. The van der Waals surface area contributed by atoms with E-state index in [1.807, 2.05) is 53.4 Å². The molecular formula is C24H29ClN2O4. The van der Waals surface area contributed by atoms with Crippen molar-refractivity contribution in [3.05, 3.63) is 70.2 Å². The van der Waals surface area contributed by atoms with Crippen LogP contribution in [0.2, 0.25) is 5.02 Å². The molecule has 1 N–H and O–H groups in total. The minimum absolute atomic E-state index is 0.0415. The highest BCUT2D eigenvalue weighted by Gasteiger charge is 2.33. The molecule has 0 bridgehead atoms. The van der Waals surface area contributed by atoms with Crippen LogP contribution in [-0.2, 0) is 29.0 Å². The third-order valence-electron chi connectivity index (χ3n) is 5.44. The zero-order chi connectivity index (χ0) is 22.2. The van der Waals surface area contributed by atoms with E-state index in [9.17, 15) is 14.7 Å². The Morgan fingerprint density at radius 2 is 1.84 bits per heavy atom. The molecule has 0 spiro atoms.